The van der Waals surface area contributed by atoms with E-state index in [9.17, 15) is 4.39 Å². The predicted molar refractivity (Wildman–Crippen MR) is 97.7 cm³/mol. The smallest absolute Gasteiger partial charge is 0.165 e. The van der Waals surface area contributed by atoms with E-state index in [0.717, 1.165) is 24.0 Å². The first-order chi connectivity index (χ1) is 11.8. The summed E-state index contributed by atoms with van der Waals surface area (Å²) in [5.41, 5.74) is 3.37. The summed E-state index contributed by atoms with van der Waals surface area (Å²) < 4.78 is 19.7. The molecule has 0 amide bonds. The van der Waals surface area contributed by atoms with Crippen molar-refractivity contribution < 1.29 is 9.13 Å². The molecule has 1 aliphatic carbocycles. The summed E-state index contributed by atoms with van der Waals surface area (Å²) in [6, 6.07) is 13.9. The Hall–Kier alpha value is -1.83. The fourth-order valence-electron chi connectivity index (χ4n) is 3.33. The van der Waals surface area contributed by atoms with Crippen molar-refractivity contribution in [1.29, 1.82) is 0 Å². The molecule has 1 radical (unpaired) electrons. The summed E-state index contributed by atoms with van der Waals surface area (Å²) in [5, 5.41) is 0. The van der Waals surface area contributed by atoms with E-state index in [1.807, 2.05) is 6.07 Å². The van der Waals surface area contributed by atoms with E-state index in [1.54, 1.807) is 12.1 Å². The topological polar surface area (TPSA) is 9.23 Å². The molecule has 0 unspecified atom stereocenters. The number of ether oxygens (including phenoxy) is 1. The molecule has 2 aromatic carbocycles. The quantitative estimate of drug-likeness (QED) is 0.548. The van der Waals surface area contributed by atoms with Gasteiger partial charge in [0.1, 0.15) is 0 Å². The molecular formula is C22H26FO. The molecule has 0 saturated heterocycles. The summed E-state index contributed by atoms with van der Waals surface area (Å²) >= 11 is 0. The van der Waals surface area contributed by atoms with Gasteiger partial charge < -0.3 is 4.74 Å². The highest BCUT2D eigenvalue weighted by atomic mass is 19.1. The molecule has 24 heavy (non-hydrogen) atoms. The number of rotatable bonds is 6. The first-order valence-electron chi connectivity index (χ1n) is 9.12. The Kier molecular flexibility index (Phi) is 5.90. The lowest BCUT2D eigenvalue weighted by molar-refractivity contribution is 0.294. The third-order valence-electron chi connectivity index (χ3n) is 4.84. The Morgan fingerprint density at radius 2 is 1.71 bits per heavy atom. The zero-order valence-corrected chi connectivity index (χ0v) is 14.4. The van der Waals surface area contributed by atoms with Gasteiger partial charge in [0.15, 0.2) is 11.6 Å². The van der Waals surface area contributed by atoms with Crippen molar-refractivity contribution in [3.63, 3.8) is 0 Å². The Labute approximate surface area is 144 Å². The standard InChI is InChI=1S/C22H26FO/c1-2-3-15-24-22-14-13-20(16-21(22)23)19-11-9-18(10-12-19)17-7-5-4-6-8-17/h4,9-14,16-17H,2-3,5-8,15H2,1H3. The van der Waals surface area contributed by atoms with Crippen LogP contribution in [-0.4, -0.2) is 6.61 Å². The second kappa shape index (κ2) is 8.32. The van der Waals surface area contributed by atoms with Crippen LogP contribution in [0, 0.1) is 12.2 Å². The van der Waals surface area contributed by atoms with Crippen molar-refractivity contribution in [1.82, 2.24) is 0 Å². The van der Waals surface area contributed by atoms with Gasteiger partial charge in [-0.05, 0) is 73.3 Å². The minimum Gasteiger partial charge on any atom is -0.491 e. The van der Waals surface area contributed by atoms with Gasteiger partial charge in [0, 0.05) is 0 Å². The predicted octanol–water partition coefficient (Wildman–Crippen LogP) is 6.53. The van der Waals surface area contributed by atoms with Gasteiger partial charge in [0.2, 0.25) is 0 Å². The Morgan fingerprint density at radius 3 is 2.38 bits per heavy atom. The third-order valence-corrected chi connectivity index (χ3v) is 4.84. The molecule has 3 rings (SSSR count). The Morgan fingerprint density at radius 1 is 1.00 bits per heavy atom. The van der Waals surface area contributed by atoms with Gasteiger partial charge in [0.25, 0.3) is 0 Å². The average molecular weight is 325 g/mol. The second-order valence-electron chi connectivity index (χ2n) is 6.61. The molecule has 0 aromatic heterocycles. The molecule has 0 bridgehead atoms. The van der Waals surface area contributed by atoms with E-state index in [1.165, 1.54) is 31.2 Å². The molecule has 1 nitrogen and oxygen atoms in total. The summed E-state index contributed by atoms with van der Waals surface area (Å²) in [4.78, 5) is 0. The van der Waals surface area contributed by atoms with E-state index < -0.39 is 0 Å². The van der Waals surface area contributed by atoms with Crippen molar-refractivity contribution in [2.75, 3.05) is 6.61 Å². The van der Waals surface area contributed by atoms with Gasteiger partial charge in [0.05, 0.1) is 6.61 Å². The van der Waals surface area contributed by atoms with E-state index in [2.05, 4.69) is 37.6 Å². The monoisotopic (exact) mass is 325 g/mol. The lowest BCUT2D eigenvalue weighted by atomic mass is 9.84. The lowest BCUT2D eigenvalue weighted by Gasteiger charge is -2.22. The molecule has 0 spiro atoms. The zero-order valence-electron chi connectivity index (χ0n) is 14.4. The highest BCUT2D eigenvalue weighted by molar-refractivity contribution is 5.64. The molecule has 2 heteroatoms. The van der Waals surface area contributed by atoms with E-state index in [-0.39, 0.29) is 5.82 Å². The van der Waals surface area contributed by atoms with Gasteiger partial charge in [-0.2, -0.15) is 0 Å². The first kappa shape index (κ1) is 17.0. The van der Waals surface area contributed by atoms with Crippen LogP contribution in [0.4, 0.5) is 4.39 Å². The Balaban J connectivity index is 1.70. The maximum Gasteiger partial charge on any atom is 0.165 e. The van der Waals surface area contributed by atoms with Gasteiger partial charge >= 0.3 is 0 Å². The van der Waals surface area contributed by atoms with Crippen molar-refractivity contribution in [3.8, 4) is 16.9 Å². The van der Waals surface area contributed by atoms with Crippen LogP contribution in [0.25, 0.3) is 11.1 Å². The van der Waals surface area contributed by atoms with Crippen LogP contribution in [0.2, 0.25) is 0 Å². The zero-order chi connectivity index (χ0) is 16.8. The van der Waals surface area contributed by atoms with Crippen molar-refractivity contribution >= 4 is 0 Å². The highest BCUT2D eigenvalue weighted by Gasteiger charge is 2.15. The maximum atomic E-state index is 14.2. The molecule has 0 atom stereocenters. The minimum absolute atomic E-state index is 0.282. The van der Waals surface area contributed by atoms with Crippen LogP contribution in [0.5, 0.6) is 5.75 Å². The van der Waals surface area contributed by atoms with E-state index in [4.69, 9.17) is 4.74 Å². The molecule has 1 aliphatic rings. The fraction of sp³-hybridized carbons (Fsp3) is 0.409. The molecule has 127 valence electrons. The summed E-state index contributed by atoms with van der Waals surface area (Å²) in [6.07, 6.45) is 9.31. The van der Waals surface area contributed by atoms with Crippen LogP contribution >= 0.6 is 0 Å². The maximum absolute atomic E-state index is 14.2. The Bertz CT molecular complexity index is 642. The summed E-state index contributed by atoms with van der Waals surface area (Å²) in [5.74, 6) is 0.743. The second-order valence-corrected chi connectivity index (χ2v) is 6.61. The van der Waals surface area contributed by atoms with Crippen LogP contribution in [0.15, 0.2) is 42.5 Å². The molecule has 0 heterocycles. The number of hydrogen-bond acceptors (Lipinski definition) is 1. The van der Waals surface area contributed by atoms with E-state index in [0.29, 0.717) is 18.3 Å². The number of benzene rings is 2. The van der Waals surface area contributed by atoms with Crippen molar-refractivity contribution in [2.45, 2.75) is 51.4 Å². The van der Waals surface area contributed by atoms with E-state index >= 15 is 0 Å². The normalized spacial score (nSPS) is 15.4. The molecule has 2 aromatic rings. The van der Waals surface area contributed by atoms with Gasteiger partial charge in [-0.15, -0.1) is 0 Å². The van der Waals surface area contributed by atoms with Gasteiger partial charge in [-0.3, -0.25) is 0 Å². The average Bonchev–Trinajstić information content (AvgIpc) is 2.64. The number of unbranched alkanes of at least 4 members (excludes halogenated alkanes) is 1. The van der Waals surface area contributed by atoms with Crippen LogP contribution in [-0.2, 0) is 0 Å². The summed E-state index contributed by atoms with van der Waals surface area (Å²) in [6.45, 7) is 2.67. The highest BCUT2D eigenvalue weighted by Crippen LogP contribution is 2.33. The molecule has 1 fully saturated rings. The molecular weight excluding hydrogens is 299 g/mol. The van der Waals surface area contributed by atoms with Gasteiger partial charge in [-0.1, -0.05) is 43.7 Å². The number of hydrogen-bond donors (Lipinski definition) is 0. The van der Waals surface area contributed by atoms with Crippen LogP contribution < -0.4 is 4.74 Å². The molecule has 0 aliphatic heterocycles. The van der Waals surface area contributed by atoms with Crippen molar-refractivity contribution in [3.05, 3.63) is 60.3 Å². The summed E-state index contributed by atoms with van der Waals surface area (Å²) in [7, 11) is 0. The van der Waals surface area contributed by atoms with Crippen LogP contribution in [0.3, 0.4) is 0 Å². The van der Waals surface area contributed by atoms with Gasteiger partial charge in [-0.25, -0.2) is 4.39 Å². The minimum atomic E-state index is -0.282. The SMILES string of the molecule is CCCCOc1ccc(-c2ccc(C3CC[CH]CC3)cc2)cc1F. The first-order valence-corrected chi connectivity index (χ1v) is 9.12. The number of halogens is 1. The van der Waals surface area contributed by atoms with Crippen LogP contribution in [0.1, 0.15) is 56.9 Å². The largest absolute Gasteiger partial charge is 0.491 e. The fourth-order valence-corrected chi connectivity index (χ4v) is 3.33. The molecule has 0 N–H and O–H groups in total. The third kappa shape index (κ3) is 4.17. The van der Waals surface area contributed by atoms with Crippen molar-refractivity contribution in [2.24, 2.45) is 0 Å². The molecule has 1 saturated carbocycles. The lowest BCUT2D eigenvalue weighted by Crippen LogP contribution is -2.04.